The molecule has 0 unspecified atom stereocenters. The van der Waals surface area contributed by atoms with Gasteiger partial charge in [0.15, 0.2) is 5.78 Å². The minimum atomic E-state index is -1.19. The monoisotopic (exact) mass is 430 g/mol. The molecule has 0 aromatic rings. The molecule has 2 amide bonds. The topological polar surface area (TPSA) is 136 Å². The molecule has 0 aliphatic rings. The van der Waals surface area contributed by atoms with Crippen molar-refractivity contribution in [3.63, 3.8) is 0 Å². The number of Topliss-reactive ketones (excluding diaryl/α,β-unsaturated/α-hetero) is 1. The average molecular weight is 431 g/mol. The zero-order chi connectivity index (χ0) is 23.5. The highest BCUT2D eigenvalue weighted by Crippen LogP contribution is 2.24. The minimum absolute atomic E-state index is 0.156. The summed E-state index contributed by atoms with van der Waals surface area (Å²) in [6.45, 7) is 11.1. The third-order valence-electron chi connectivity index (χ3n) is 4.78. The fourth-order valence-electron chi connectivity index (χ4n) is 3.10. The van der Waals surface area contributed by atoms with Crippen LogP contribution >= 0.6 is 0 Å². The van der Waals surface area contributed by atoms with E-state index in [1.54, 1.807) is 0 Å². The Morgan fingerprint density at radius 3 is 1.80 bits per heavy atom. The number of amides is 2. The van der Waals surface area contributed by atoms with Gasteiger partial charge in [-0.3, -0.25) is 14.4 Å². The SMILES string of the molecule is CC(C)(C)CCCNC(=O)[C@H](CO)CC(=O)[C@H](CO)NC(=O)[C@H](CO)CC(C)(C)C. The Kier molecular flexibility index (Phi) is 12.4. The van der Waals surface area contributed by atoms with Gasteiger partial charge in [-0.2, -0.15) is 0 Å². The summed E-state index contributed by atoms with van der Waals surface area (Å²) in [7, 11) is 0. The maximum atomic E-state index is 12.5. The van der Waals surface area contributed by atoms with Crippen LogP contribution in [-0.2, 0) is 14.4 Å². The maximum absolute atomic E-state index is 12.5. The Balaban J connectivity index is 4.78. The van der Waals surface area contributed by atoms with Crippen molar-refractivity contribution in [1.82, 2.24) is 10.6 Å². The van der Waals surface area contributed by atoms with Crippen LogP contribution in [0.4, 0.5) is 0 Å². The first kappa shape index (κ1) is 28.5. The fraction of sp³-hybridized carbons (Fsp3) is 0.864. The molecule has 176 valence electrons. The molecule has 0 heterocycles. The smallest absolute Gasteiger partial charge is 0.226 e. The fourth-order valence-corrected chi connectivity index (χ4v) is 3.10. The molecule has 0 radical (unpaired) electrons. The van der Waals surface area contributed by atoms with Gasteiger partial charge in [0, 0.05) is 13.0 Å². The number of carbonyl (C=O) groups excluding carboxylic acids is 3. The molecule has 0 saturated heterocycles. The second-order valence-corrected chi connectivity index (χ2v) is 10.4. The maximum Gasteiger partial charge on any atom is 0.226 e. The summed E-state index contributed by atoms with van der Waals surface area (Å²) >= 11 is 0. The van der Waals surface area contributed by atoms with Gasteiger partial charge in [-0.1, -0.05) is 41.5 Å². The van der Waals surface area contributed by atoms with Crippen LogP contribution in [0.1, 0.15) is 67.2 Å². The molecule has 8 heteroatoms. The molecule has 0 aromatic carbocycles. The van der Waals surface area contributed by atoms with Crippen molar-refractivity contribution in [2.75, 3.05) is 26.4 Å². The van der Waals surface area contributed by atoms with Gasteiger partial charge >= 0.3 is 0 Å². The number of aliphatic hydroxyl groups is 3. The van der Waals surface area contributed by atoms with Crippen molar-refractivity contribution in [3.8, 4) is 0 Å². The van der Waals surface area contributed by atoms with E-state index >= 15 is 0 Å². The highest BCUT2D eigenvalue weighted by molar-refractivity contribution is 5.93. The van der Waals surface area contributed by atoms with Crippen LogP contribution in [0.15, 0.2) is 0 Å². The van der Waals surface area contributed by atoms with E-state index in [-0.39, 0.29) is 23.9 Å². The average Bonchev–Trinajstić information content (AvgIpc) is 2.63. The second kappa shape index (κ2) is 13.0. The molecular weight excluding hydrogens is 388 g/mol. The van der Waals surface area contributed by atoms with Crippen LogP contribution in [0.25, 0.3) is 0 Å². The van der Waals surface area contributed by atoms with Gasteiger partial charge in [0.2, 0.25) is 11.8 Å². The molecule has 0 aromatic heterocycles. The Labute approximate surface area is 180 Å². The standard InChI is InChI=1S/C22H42N2O6/c1-21(2,3)8-7-9-23-19(29)15(12-25)10-18(28)17(14-27)24-20(30)16(13-26)11-22(4,5)6/h15-17,25-27H,7-14H2,1-6H3,(H,23,29)(H,24,30)/t15-,16-,17-/m0/s1. The van der Waals surface area contributed by atoms with E-state index in [4.69, 9.17) is 0 Å². The molecule has 0 saturated carbocycles. The van der Waals surface area contributed by atoms with E-state index < -0.39 is 48.7 Å². The number of hydrogen-bond acceptors (Lipinski definition) is 6. The van der Waals surface area contributed by atoms with Gasteiger partial charge in [-0.25, -0.2) is 0 Å². The van der Waals surface area contributed by atoms with Gasteiger partial charge in [0.25, 0.3) is 0 Å². The predicted octanol–water partition coefficient (Wildman–Crippen LogP) is 1.02. The Bertz CT molecular complexity index is 551. The van der Waals surface area contributed by atoms with E-state index in [0.29, 0.717) is 13.0 Å². The lowest BCUT2D eigenvalue weighted by molar-refractivity contribution is -0.135. The van der Waals surface area contributed by atoms with E-state index in [1.807, 2.05) is 20.8 Å². The largest absolute Gasteiger partial charge is 0.396 e. The summed E-state index contributed by atoms with van der Waals surface area (Å²) in [5.74, 6) is -3.13. The Morgan fingerprint density at radius 2 is 1.37 bits per heavy atom. The van der Waals surface area contributed by atoms with E-state index in [2.05, 4.69) is 31.4 Å². The molecule has 0 aliphatic heterocycles. The molecule has 0 rings (SSSR count). The Hall–Kier alpha value is -1.51. The van der Waals surface area contributed by atoms with Crippen LogP contribution in [0.5, 0.6) is 0 Å². The third-order valence-corrected chi connectivity index (χ3v) is 4.78. The van der Waals surface area contributed by atoms with E-state index in [9.17, 15) is 29.7 Å². The van der Waals surface area contributed by atoms with Crippen molar-refractivity contribution < 1.29 is 29.7 Å². The minimum Gasteiger partial charge on any atom is -0.396 e. The van der Waals surface area contributed by atoms with E-state index in [0.717, 1.165) is 12.8 Å². The van der Waals surface area contributed by atoms with Gasteiger partial charge in [-0.05, 0) is 30.1 Å². The first-order chi connectivity index (χ1) is 13.7. The van der Waals surface area contributed by atoms with Gasteiger partial charge < -0.3 is 26.0 Å². The lowest BCUT2D eigenvalue weighted by Gasteiger charge is -2.26. The zero-order valence-corrected chi connectivity index (χ0v) is 19.5. The predicted molar refractivity (Wildman–Crippen MR) is 116 cm³/mol. The van der Waals surface area contributed by atoms with E-state index in [1.165, 1.54) is 0 Å². The van der Waals surface area contributed by atoms with Gasteiger partial charge in [0.05, 0.1) is 31.7 Å². The van der Waals surface area contributed by atoms with Crippen molar-refractivity contribution in [2.45, 2.75) is 73.3 Å². The summed E-state index contributed by atoms with van der Waals surface area (Å²) in [6.07, 6.45) is 1.83. The molecule has 0 bridgehead atoms. The first-order valence-electron chi connectivity index (χ1n) is 10.7. The van der Waals surface area contributed by atoms with Gasteiger partial charge in [-0.15, -0.1) is 0 Å². The number of ketones is 1. The second-order valence-electron chi connectivity index (χ2n) is 10.4. The Morgan fingerprint density at radius 1 is 0.800 bits per heavy atom. The summed E-state index contributed by atoms with van der Waals surface area (Å²) in [5.41, 5.74) is -0.0421. The normalized spacial score (nSPS) is 15.2. The molecule has 0 aliphatic carbocycles. The van der Waals surface area contributed by atoms with Crippen LogP contribution in [-0.4, -0.2) is 65.3 Å². The summed E-state index contributed by atoms with van der Waals surface area (Å²) in [4.78, 5) is 37.2. The zero-order valence-electron chi connectivity index (χ0n) is 19.5. The highest BCUT2D eigenvalue weighted by atomic mass is 16.3. The molecule has 8 nitrogen and oxygen atoms in total. The summed E-state index contributed by atoms with van der Waals surface area (Å²) < 4.78 is 0. The lowest BCUT2D eigenvalue weighted by atomic mass is 9.84. The van der Waals surface area contributed by atoms with Crippen molar-refractivity contribution in [3.05, 3.63) is 0 Å². The van der Waals surface area contributed by atoms with Crippen molar-refractivity contribution in [2.24, 2.45) is 22.7 Å². The number of aliphatic hydroxyl groups excluding tert-OH is 3. The highest BCUT2D eigenvalue weighted by Gasteiger charge is 2.30. The quantitative estimate of drug-likeness (QED) is 0.277. The van der Waals surface area contributed by atoms with Crippen LogP contribution in [0.2, 0.25) is 0 Å². The molecule has 0 spiro atoms. The van der Waals surface area contributed by atoms with Crippen LogP contribution in [0.3, 0.4) is 0 Å². The molecule has 30 heavy (non-hydrogen) atoms. The number of hydrogen-bond donors (Lipinski definition) is 5. The first-order valence-corrected chi connectivity index (χ1v) is 10.7. The molecule has 0 fully saturated rings. The van der Waals surface area contributed by atoms with Crippen molar-refractivity contribution >= 4 is 17.6 Å². The third kappa shape index (κ3) is 12.2. The summed E-state index contributed by atoms with van der Waals surface area (Å²) in [6, 6.07) is -1.19. The summed E-state index contributed by atoms with van der Waals surface area (Å²) in [5, 5.41) is 33.8. The van der Waals surface area contributed by atoms with Crippen LogP contribution in [0, 0.1) is 22.7 Å². The van der Waals surface area contributed by atoms with Gasteiger partial charge in [0.1, 0.15) is 6.04 Å². The number of nitrogens with one attached hydrogen (secondary N) is 2. The van der Waals surface area contributed by atoms with Crippen LogP contribution < -0.4 is 10.6 Å². The number of carbonyl (C=O) groups is 3. The molecular formula is C22H42N2O6. The lowest BCUT2D eigenvalue weighted by Crippen LogP contribution is -2.48. The van der Waals surface area contributed by atoms with Crippen molar-refractivity contribution in [1.29, 1.82) is 0 Å². The number of rotatable bonds is 13. The molecule has 5 N–H and O–H groups in total. The molecule has 3 atom stereocenters.